The van der Waals surface area contributed by atoms with Gasteiger partial charge in [-0.05, 0) is 36.1 Å². The molecule has 4 heterocycles. The van der Waals surface area contributed by atoms with Gasteiger partial charge in [0.15, 0.2) is 11.6 Å². The van der Waals surface area contributed by atoms with Gasteiger partial charge in [-0.1, -0.05) is 30.3 Å². The summed E-state index contributed by atoms with van der Waals surface area (Å²) in [5.74, 6) is 2.08. The highest BCUT2D eigenvalue weighted by molar-refractivity contribution is 5.99. The molecule has 8 nitrogen and oxygen atoms in total. The Hall–Kier alpha value is -4.04. The summed E-state index contributed by atoms with van der Waals surface area (Å²) in [6, 6.07) is 14.7. The molecule has 0 saturated heterocycles. The fraction of sp³-hybridized carbons (Fsp3) is 0.231. The summed E-state index contributed by atoms with van der Waals surface area (Å²) in [6.45, 7) is 0. The van der Waals surface area contributed by atoms with Gasteiger partial charge in [0.05, 0.1) is 6.10 Å². The van der Waals surface area contributed by atoms with Crippen LogP contribution in [0.1, 0.15) is 12.8 Å². The van der Waals surface area contributed by atoms with Gasteiger partial charge in [0, 0.05) is 62.3 Å². The number of hydrogen-bond donors (Lipinski definition) is 1. The fourth-order valence-corrected chi connectivity index (χ4v) is 4.58. The lowest BCUT2D eigenvalue weighted by molar-refractivity contribution is 0.0328. The first-order chi connectivity index (χ1) is 16.7. The van der Waals surface area contributed by atoms with E-state index >= 15 is 0 Å². The number of nitrogens with one attached hydrogen (secondary N) is 1. The third kappa shape index (κ3) is 3.52. The molecule has 34 heavy (non-hydrogen) atoms. The number of rotatable bonds is 6. The van der Waals surface area contributed by atoms with Crippen LogP contribution in [0.4, 0.5) is 5.82 Å². The van der Waals surface area contributed by atoms with Gasteiger partial charge in [-0.2, -0.15) is 0 Å². The molecule has 1 fully saturated rings. The largest absolute Gasteiger partial charge is 0.381 e. The SMILES string of the molecule is COC1CC(Nc2nc(-c3nccn3C)nn3cc(-c4ccncc4)c(-c4ccccc4)c23)C1. The minimum absolute atomic E-state index is 0.289. The lowest BCUT2D eigenvalue weighted by Gasteiger charge is -2.35. The first-order valence-corrected chi connectivity index (χ1v) is 11.4. The zero-order chi connectivity index (χ0) is 23.1. The molecule has 5 aromatic rings. The van der Waals surface area contributed by atoms with Gasteiger partial charge >= 0.3 is 0 Å². The highest BCUT2D eigenvalue weighted by Crippen LogP contribution is 2.40. The number of pyridine rings is 1. The van der Waals surface area contributed by atoms with Crippen molar-refractivity contribution < 1.29 is 4.74 Å². The Morgan fingerprint density at radius 2 is 1.79 bits per heavy atom. The predicted octanol–water partition coefficient (Wildman–Crippen LogP) is 4.45. The number of ether oxygens (including phenoxy) is 1. The van der Waals surface area contributed by atoms with Crippen LogP contribution in [0.25, 0.3) is 39.4 Å². The molecule has 4 aromatic heterocycles. The van der Waals surface area contributed by atoms with Gasteiger partial charge in [0.2, 0.25) is 5.82 Å². The van der Waals surface area contributed by atoms with E-state index in [1.54, 1.807) is 13.3 Å². The van der Waals surface area contributed by atoms with Crippen LogP contribution in [0, 0.1) is 0 Å². The number of methoxy groups -OCH3 is 1. The molecular formula is C26H25N7O. The van der Waals surface area contributed by atoms with E-state index in [4.69, 9.17) is 14.8 Å². The normalized spacial score (nSPS) is 17.6. The first kappa shape index (κ1) is 20.6. The van der Waals surface area contributed by atoms with Crippen molar-refractivity contribution in [3.8, 4) is 33.9 Å². The van der Waals surface area contributed by atoms with E-state index in [0.29, 0.717) is 17.7 Å². The number of nitrogens with zero attached hydrogens (tertiary/aromatic N) is 6. The standard InChI is InChI=1S/C26H25N7O/c1-32-13-12-28-26(32)25-30-24(29-19-14-20(15-19)34-2)23-22(18-6-4-3-5-7-18)21(16-33(23)31-25)17-8-10-27-11-9-17/h3-13,16,19-20H,14-15H2,1-2H3,(H,29,30,31). The Labute approximate surface area is 197 Å². The van der Waals surface area contributed by atoms with E-state index in [1.165, 1.54) is 0 Å². The van der Waals surface area contributed by atoms with E-state index in [-0.39, 0.29) is 6.10 Å². The fourth-order valence-electron chi connectivity index (χ4n) is 4.58. The van der Waals surface area contributed by atoms with Crippen molar-refractivity contribution in [2.24, 2.45) is 7.05 Å². The average Bonchev–Trinajstić information content (AvgIpc) is 3.45. The predicted molar refractivity (Wildman–Crippen MR) is 131 cm³/mol. The van der Waals surface area contributed by atoms with Crippen LogP contribution in [-0.4, -0.2) is 48.4 Å². The smallest absolute Gasteiger partial charge is 0.218 e. The monoisotopic (exact) mass is 451 g/mol. The Balaban J connectivity index is 1.60. The van der Waals surface area contributed by atoms with Crippen LogP contribution in [0.5, 0.6) is 0 Å². The number of benzene rings is 1. The van der Waals surface area contributed by atoms with Crippen LogP contribution in [0.2, 0.25) is 0 Å². The average molecular weight is 452 g/mol. The molecule has 0 aliphatic heterocycles. The summed E-state index contributed by atoms with van der Waals surface area (Å²) in [4.78, 5) is 13.7. The van der Waals surface area contributed by atoms with Crippen LogP contribution < -0.4 is 5.32 Å². The molecule has 0 amide bonds. The maximum Gasteiger partial charge on any atom is 0.218 e. The van der Waals surface area contributed by atoms with Gasteiger partial charge in [0.1, 0.15) is 5.52 Å². The van der Waals surface area contributed by atoms with Crippen molar-refractivity contribution >= 4 is 11.3 Å². The van der Waals surface area contributed by atoms with Crippen LogP contribution >= 0.6 is 0 Å². The molecule has 1 N–H and O–H groups in total. The molecule has 1 aliphatic carbocycles. The highest BCUT2D eigenvalue weighted by atomic mass is 16.5. The number of fused-ring (bicyclic) bond motifs is 1. The second kappa shape index (κ2) is 8.39. The highest BCUT2D eigenvalue weighted by Gasteiger charge is 2.31. The quantitative estimate of drug-likeness (QED) is 0.411. The second-order valence-corrected chi connectivity index (χ2v) is 8.63. The number of hydrogen-bond acceptors (Lipinski definition) is 6. The molecule has 0 radical (unpaired) electrons. The molecule has 1 saturated carbocycles. The summed E-state index contributed by atoms with van der Waals surface area (Å²) >= 11 is 0. The lowest BCUT2D eigenvalue weighted by atomic mass is 9.89. The van der Waals surface area contributed by atoms with Crippen molar-refractivity contribution in [1.82, 2.24) is 29.1 Å². The van der Waals surface area contributed by atoms with Crippen molar-refractivity contribution in [3.63, 3.8) is 0 Å². The Bertz CT molecular complexity index is 1440. The summed E-state index contributed by atoms with van der Waals surface area (Å²) < 4.78 is 9.36. The van der Waals surface area contributed by atoms with E-state index < -0.39 is 0 Å². The van der Waals surface area contributed by atoms with Gasteiger partial charge in [-0.3, -0.25) is 4.98 Å². The Kier molecular flexibility index (Phi) is 5.07. The summed E-state index contributed by atoms with van der Waals surface area (Å²) in [6.07, 6.45) is 11.6. The molecule has 1 aromatic carbocycles. The molecule has 8 heteroatoms. The van der Waals surface area contributed by atoms with Crippen molar-refractivity contribution in [2.45, 2.75) is 25.0 Å². The van der Waals surface area contributed by atoms with Crippen molar-refractivity contribution in [1.29, 1.82) is 0 Å². The maximum absolute atomic E-state index is 5.50. The summed E-state index contributed by atoms with van der Waals surface area (Å²) in [5.41, 5.74) is 5.29. The minimum atomic E-state index is 0.289. The van der Waals surface area contributed by atoms with E-state index in [2.05, 4.69) is 45.7 Å². The van der Waals surface area contributed by atoms with Crippen molar-refractivity contribution in [2.75, 3.05) is 12.4 Å². The van der Waals surface area contributed by atoms with Gasteiger partial charge in [-0.15, -0.1) is 5.10 Å². The molecule has 0 atom stereocenters. The van der Waals surface area contributed by atoms with Crippen LogP contribution in [0.15, 0.2) is 73.4 Å². The Morgan fingerprint density at radius 3 is 2.50 bits per heavy atom. The molecule has 0 spiro atoms. The minimum Gasteiger partial charge on any atom is -0.381 e. The topological polar surface area (TPSA) is 82.2 Å². The molecule has 0 bridgehead atoms. The van der Waals surface area contributed by atoms with Crippen LogP contribution in [0.3, 0.4) is 0 Å². The molecule has 170 valence electrons. The van der Waals surface area contributed by atoms with Crippen LogP contribution in [-0.2, 0) is 11.8 Å². The van der Waals surface area contributed by atoms with E-state index in [9.17, 15) is 0 Å². The summed E-state index contributed by atoms with van der Waals surface area (Å²) in [5, 5.41) is 8.58. The maximum atomic E-state index is 5.50. The van der Waals surface area contributed by atoms with Crippen molar-refractivity contribution in [3.05, 3.63) is 73.4 Å². The zero-order valence-corrected chi connectivity index (χ0v) is 19.1. The van der Waals surface area contributed by atoms with Gasteiger partial charge in [-0.25, -0.2) is 14.5 Å². The van der Waals surface area contributed by atoms with E-state index in [1.807, 2.05) is 52.9 Å². The molecule has 1 aliphatic rings. The first-order valence-electron chi connectivity index (χ1n) is 11.4. The second-order valence-electron chi connectivity index (χ2n) is 8.63. The molecule has 6 rings (SSSR count). The van der Waals surface area contributed by atoms with Gasteiger partial charge in [0.25, 0.3) is 0 Å². The van der Waals surface area contributed by atoms with E-state index in [0.717, 1.165) is 46.4 Å². The number of aromatic nitrogens is 6. The summed E-state index contributed by atoms with van der Waals surface area (Å²) in [7, 11) is 3.72. The zero-order valence-electron chi connectivity index (χ0n) is 19.1. The molecular weight excluding hydrogens is 426 g/mol. The Morgan fingerprint density at radius 1 is 1.00 bits per heavy atom. The third-order valence-corrected chi connectivity index (χ3v) is 6.48. The number of anilines is 1. The molecule has 0 unspecified atom stereocenters. The number of imidazole rings is 1. The van der Waals surface area contributed by atoms with Gasteiger partial charge < -0.3 is 14.6 Å². The lowest BCUT2D eigenvalue weighted by Crippen LogP contribution is -2.40. The third-order valence-electron chi connectivity index (χ3n) is 6.48. The number of aryl methyl sites for hydroxylation is 1.